The number of nitrogens with one attached hydrogen (secondary N) is 2. The van der Waals surface area contributed by atoms with Crippen molar-refractivity contribution in [2.45, 2.75) is 13.0 Å². The molecule has 5 nitrogen and oxygen atoms in total. The predicted octanol–water partition coefficient (Wildman–Crippen LogP) is 2.47. The van der Waals surface area contributed by atoms with E-state index in [1.165, 1.54) is 0 Å². The summed E-state index contributed by atoms with van der Waals surface area (Å²) in [6.45, 7) is 2.12. The van der Waals surface area contributed by atoms with Gasteiger partial charge >= 0.3 is 0 Å². The molecule has 5 heteroatoms. The summed E-state index contributed by atoms with van der Waals surface area (Å²) < 4.78 is 1.81. The summed E-state index contributed by atoms with van der Waals surface area (Å²) in [5.74, 6) is 0. The van der Waals surface area contributed by atoms with Gasteiger partial charge in [-0.15, -0.1) is 0 Å². The van der Waals surface area contributed by atoms with E-state index in [9.17, 15) is 0 Å². The van der Waals surface area contributed by atoms with Crippen molar-refractivity contribution >= 4 is 16.6 Å². The first kappa shape index (κ1) is 10.8. The second-order valence-corrected chi connectivity index (χ2v) is 4.45. The molecule has 0 aliphatic rings. The molecule has 2 heterocycles. The fourth-order valence-corrected chi connectivity index (χ4v) is 2.07. The van der Waals surface area contributed by atoms with Gasteiger partial charge in [0.15, 0.2) is 0 Å². The number of nitrogens with zero attached hydrogens (tertiary/aromatic N) is 3. The molecule has 0 aliphatic heterocycles. The van der Waals surface area contributed by atoms with Crippen molar-refractivity contribution in [1.82, 2.24) is 20.0 Å². The van der Waals surface area contributed by atoms with Crippen LogP contribution < -0.4 is 5.32 Å². The normalized spacial score (nSPS) is 12.8. The highest BCUT2D eigenvalue weighted by atomic mass is 15.2. The zero-order valence-corrected chi connectivity index (χ0v) is 10.4. The van der Waals surface area contributed by atoms with Gasteiger partial charge < -0.3 is 5.32 Å². The Kier molecular flexibility index (Phi) is 2.51. The van der Waals surface area contributed by atoms with Gasteiger partial charge in [0.05, 0.1) is 24.0 Å². The van der Waals surface area contributed by atoms with E-state index in [2.05, 4.69) is 33.6 Å². The quantitative estimate of drug-likeness (QED) is 0.740. The van der Waals surface area contributed by atoms with Gasteiger partial charge in [0.1, 0.15) is 0 Å². The van der Waals surface area contributed by atoms with Gasteiger partial charge in [-0.25, -0.2) is 0 Å². The Balaban J connectivity index is 1.90. The lowest BCUT2D eigenvalue weighted by Crippen LogP contribution is -2.05. The molecule has 1 aromatic carbocycles. The predicted molar refractivity (Wildman–Crippen MR) is 71.3 cm³/mol. The zero-order valence-electron chi connectivity index (χ0n) is 10.4. The van der Waals surface area contributed by atoms with E-state index in [0.717, 1.165) is 22.2 Å². The van der Waals surface area contributed by atoms with Crippen molar-refractivity contribution < 1.29 is 0 Å². The third-order valence-corrected chi connectivity index (χ3v) is 3.08. The maximum atomic E-state index is 4.19. The maximum Gasteiger partial charge on any atom is 0.0671 e. The average Bonchev–Trinajstić information content (AvgIpc) is 2.97. The molecule has 0 aliphatic carbocycles. The number of hydrogen-bond acceptors (Lipinski definition) is 3. The van der Waals surface area contributed by atoms with Crippen LogP contribution in [0.15, 0.2) is 36.8 Å². The van der Waals surface area contributed by atoms with Crippen LogP contribution in [0.1, 0.15) is 18.5 Å². The molecule has 0 bridgehead atoms. The third-order valence-electron chi connectivity index (χ3n) is 3.08. The molecule has 0 fully saturated rings. The van der Waals surface area contributed by atoms with Crippen LogP contribution in [0, 0.1) is 0 Å². The van der Waals surface area contributed by atoms with Crippen LogP contribution in [-0.2, 0) is 7.05 Å². The Labute approximate surface area is 105 Å². The van der Waals surface area contributed by atoms with Crippen LogP contribution in [0.2, 0.25) is 0 Å². The third kappa shape index (κ3) is 1.84. The van der Waals surface area contributed by atoms with E-state index in [0.29, 0.717) is 0 Å². The number of hydrogen-bond donors (Lipinski definition) is 2. The molecule has 92 valence electrons. The lowest BCUT2D eigenvalue weighted by atomic mass is 10.1. The summed E-state index contributed by atoms with van der Waals surface area (Å²) >= 11 is 0. The highest BCUT2D eigenvalue weighted by Gasteiger charge is 2.09. The summed E-state index contributed by atoms with van der Waals surface area (Å²) in [7, 11) is 1.92. The van der Waals surface area contributed by atoms with Crippen molar-refractivity contribution in [2.24, 2.45) is 7.05 Å². The van der Waals surface area contributed by atoms with E-state index in [1.807, 2.05) is 42.5 Å². The van der Waals surface area contributed by atoms with E-state index in [-0.39, 0.29) is 6.04 Å². The van der Waals surface area contributed by atoms with Crippen LogP contribution in [0.5, 0.6) is 0 Å². The Morgan fingerprint density at radius 2 is 2.22 bits per heavy atom. The highest BCUT2D eigenvalue weighted by Crippen LogP contribution is 2.25. The molecule has 3 aromatic rings. The Bertz CT molecular complexity index is 667. The molecule has 0 radical (unpaired) electrons. The van der Waals surface area contributed by atoms with Gasteiger partial charge in [-0.3, -0.25) is 9.78 Å². The monoisotopic (exact) mass is 241 g/mol. The van der Waals surface area contributed by atoms with Crippen LogP contribution in [0.4, 0.5) is 5.69 Å². The second-order valence-electron chi connectivity index (χ2n) is 4.45. The first-order chi connectivity index (χ1) is 8.74. The fraction of sp³-hybridized carbons (Fsp3) is 0.231. The number of benzene rings is 1. The molecule has 1 unspecified atom stereocenters. The Morgan fingerprint density at radius 1 is 1.33 bits per heavy atom. The van der Waals surface area contributed by atoms with E-state index >= 15 is 0 Å². The van der Waals surface area contributed by atoms with Crippen LogP contribution in [0.3, 0.4) is 0 Å². The van der Waals surface area contributed by atoms with Crippen molar-refractivity contribution in [3.05, 3.63) is 42.4 Å². The van der Waals surface area contributed by atoms with Crippen molar-refractivity contribution in [3.63, 3.8) is 0 Å². The molecule has 3 rings (SSSR count). The van der Waals surface area contributed by atoms with Gasteiger partial charge in [0.25, 0.3) is 0 Å². The molecule has 2 N–H and O–H groups in total. The largest absolute Gasteiger partial charge is 0.378 e. The minimum absolute atomic E-state index is 0.208. The van der Waals surface area contributed by atoms with Crippen molar-refractivity contribution in [1.29, 1.82) is 0 Å². The molecule has 0 saturated heterocycles. The van der Waals surface area contributed by atoms with Gasteiger partial charge in [-0.05, 0) is 19.1 Å². The minimum Gasteiger partial charge on any atom is -0.378 e. The standard InChI is InChI=1S/C13H15N5/c1-9(10-6-15-18(2)8-10)16-12-4-3-5-13-11(12)7-14-17-13/h3-9,16H,1-2H3,(H,14,17). The van der Waals surface area contributed by atoms with Crippen LogP contribution in [0.25, 0.3) is 10.9 Å². The molecule has 0 amide bonds. The summed E-state index contributed by atoms with van der Waals surface area (Å²) in [5, 5.41) is 15.8. The van der Waals surface area contributed by atoms with Crippen molar-refractivity contribution in [3.8, 4) is 0 Å². The van der Waals surface area contributed by atoms with Gasteiger partial charge in [0.2, 0.25) is 0 Å². The van der Waals surface area contributed by atoms with Crippen LogP contribution in [-0.4, -0.2) is 20.0 Å². The molecular weight excluding hydrogens is 226 g/mol. The Morgan fingerprint density at radius 3 is 3.00 bits per heavy atom. The number of anilines is 1. The topological polar surface area (TPSA) is 58.5 Å². The number of H-pyrrole nitrogens is 1. The zero-order chi connectivity index (χ0) is 12.5. The minimum atomic E-state index is 0.208. The Hall–Kier alpha value is -2.30. The second kappa shape index (κ2) is 4.18. The van der Waals surface area contributed by atoms with Crippen molar-refractivity contribution in [2.75, 3.05) is 5.32 Å². The summed E-state index contributed by atoms with van der Waals surface area (Å²) in [4.78, 5) is 0. The fourth-order valence-electron chi connectivity index (χ4n) is 2.07. The highest BCUT2D eigenvalue weighted by molar-refractivity contribution is 5.90. The molecule has 0 saturated carbocycles. The van der Waals surface area contributed by atoms with Gasteiger partial charge in [-0.2, -0.15) is 10.2 Å². The number of aromatic nitrogens is 4. The smallest absolute Gasteiger partial charge is 0.0671 e. The summed E-state index contributed by atoms with van der Waals surface area (Å²) in [5.41, 5.74) is 3.29. The number of rotatable bonds is 3. The SMILES string of the molecule is CC(Nc1cccc2[nH]ncc12)c1cnn(C)c1. The first-order valence-electron chi connectivity index (χ1n) is 5.91. The molecule has 0 spiro atoms. The van der Waals surface area contributed by atoms with E-state index in [4.69, 9.17) is 0 Å². The average molecular weight is 241 g/mol. The molecular formula is C13H15N5. The van der Waals surface area contributed by atoms with Gasteiger partial charge in [-0.1, -0.05) is 6.07 Å². The first-order valence-corrected chi connectivity index (χ1v) is 5.91. The molecule has 1 atom stereocenters. The summed E-state index contributed by atoms with van der Waals surface area (Å²) in [6, 6.07) is 6.30. The van der Waals surface area contributed by atoms with E-state index in [1.54, 1.807) is 0 Å². The lowest BCUT2D eigenvalue weighted by molar-refractivity contribution is 0.765. The van der Waals surface area contributed by atoms with Gasteiger partial charge in [0, 0.05) is 29.9 Å². The maximum absolute atomic E-state index is 4.19. The molecule has 2 aromatic heterocycles. The number of aromatic amines is 1. The van der Waals surface area contributed by atoms with Crippen LogP contribution >= 0.6 is 0 Å². The van der Waals surface area contributed by atoms with E-state index < -0.39 is 0 Å². The lowest BCUT2D eigenvalue weighted by Gasteiger charge is -2.14. The molecule has 18 heavy (non-hydrogen) atoms. The number of aryl methyl sites for hydroxylation is 1. The number of fused-ring (bicyclic) bond motifs is 1. The summed E-state index contributed by atoms with van der Waals surface area (Å²) in [6.07, 6.45) is 5.74.